The molecule has 1 aliphatic rings. The van der Waals surface area contributed by atoms with E-state index in [1.54, 1.807) is 18.0 Å². The van der Waals surface area contributed by atoms with Crippen LogP contribution < -0.4 is 0 Å². The van der Waals surface area contributed by atoms with Crippen LogP contribution in [0.3, 0.4) is 0 Å². The highest BCUT2D eigenvalue weighted by molar-refractivity contribution is 6.27. The fourth-order valence-electron chi connectivity index (χ4n) is 2.45. The zero-order valence-corrected chi connectivity index (χ0v) is 12.3. The summed E-state index contributed by atoms with van der Waals surface area (Å²) < 4.78 is 4.84. The molecule has 1 aromatic rings. The molecule has 22 heavy (non-hydrogen) atoms. The lowest BCUT2D eigenvalue weighted by Crippen LogP contribution is -2.43. The van der Waals surface area contributed by atoms with E-state index in [1.807, 2.05) is 24.3 Å². The van der Waals surface area contributed by atoms with Crippen LogP contribution in [0, 0.1) is 0 Å². The molecule has 0 amide bonds. The lowest BCUT2D eigenvalue weighted by Gasteiger charge is -2.33. The average Bonchev–Trinajstić information content (AvgIpc) is 2.52. The third-order valence-corrected chi connectivity index (χ3v) is 3.49. The second kappa shape index (κ2) is 7.33. The van der Waals surface area contributed by atoms with E-state index in [1.165, 1.54) is 6.08 Å². The molecule has 0 fully saturated rings. The number of fused-ring (bicyclic) bond motifs is 1. The lowest BCUT2D eigenvalue weighted by molar-refractivity contribution is -0.137. The van der Waals surface area contributed by atoms with Crippen molar-refractivity contribution in [1.82, 2.24) is 4.90 Å². The smallest absolute Gasteiger partial charge is 0.332 e. The molecular weight excluding hydrogens is 282 g/mol. The van der Waals surface area contributed by atoms with Crippen LogP contribution in [-0.4, -0.2) is 40.3 Å². The monoisotopic (exact) mass is 299 g/mol. The van der Waals surface area contributed by atoms with Gasteiger partial charge in [0.05, 0.1) is 6.61 Å². The van der Waals surface area contributed by atoms with Gasteiger partial charge in [-0.1, -0.05) is 24.3 Å². The van der Waals surface area contributed by atoms with E-state index < -0.39 is 12.0 Å². The zero-order chi connectivity index (χ0) is 15.9. The molecule has 1 atom stereocenters. The minimum Gasteiger partial charge on any atom is -0.463 e. The Hall–Kier alpha value is -2.72. The van der Waals surface area contributed by atoms with Gasteiger partial charge in [-0.15, -0.1) is 0 Å². The van der Waals surface area contributed by atoms with Crippen molar-refractivity contribution >= 4 is 18.0 Å². The SMILES string of the molecule is CCOC(=O)/C=C/N1Cc2ccccc2CC1C(=O)C=[N+]=[N-]. The van der Waals surface area contributed by atoms with Gasteiger partial charge >= 0.3 is 12.2 Å². The number of ketones is 1. The molecule has 0 saturated heterocycles. The van der Waals surface area contributed by atoms with Crippen LogP contribution in [0.15, 0.2) is 36.5 Å². The second-order valence-corrected chi connectivity index (χ2v) is 4.88. The summed E-state index contributed by atoms with van der Waals surface area (Å²) >= 11 is 0. The van der Waals surface area contributed by atoms with Crippen molar-refractivity contribution in [3.05, 3.63) is 53.2 Å². The molecule has 0 spiro atoms. The first-order chi connectivity index (χ1) is 10.7. The van der Waals surface area contributed by atoms with Crippen molar-refractivity contribution in [2.75, 3.05) is 6.61 Å². The molecular formula is C16H17N3O3. The number of nitrogens with zero attached hydrogens (tertiary/aromatic N) is 3. The van der Waals surface area contributed by atoms with Gasteiger partial charge < -0.3 is 15.2 Å². The van der Waals surface area contributed by atoms with Crippen molar-refractivity contribution in [1.29, 1.82) is 0 Å². The summed E-state index contributed by atoms with van der Waals surface area (Å²) in [6.07, 6.45) is 4.24. The third-order valence-electron chi connectivity index (χ3n) is 3.49. The van der Waals surface area contributed by atoms with Crippen LogP contribution in [0.2, 0.25) is 0 Å². The minimum absolute atomic E-state index is 0.297. The van der Waals surface area contributed by atoms with Crippen molar-refractivity contribution in [3.8, 4) is 0 Å². The predicted octanol–water partition coefficient (Wildman–Crippen LogP) is 1.36. The van der Waals surface area contributed by atoms with Gasteiger partial charge in [0, 0.05) is 25.2 Å². The van der Waals surface area contributed by atoms with Crippen LogP contribution >= 0.6 is 0 Å². The van der Waals surface area contributed by atoms with E-state index in [9.17, 15) is 9.59 Å². The fourth-order valence-corrected chi connectivity index (χ4v) is 2.45. The van der Waals surface area contributed by atoms with Crippen molar-refractivity contribution in [2.24, 2.45) is 0 Å². The van der Waals surface area contributed by atoms with E-state index >= 15 is 0 Å². The molecule has 0 bridgehead atoms. The summed E-state index contributed by atoms with van der Waals surface area (Å²) in [5, 5.41) is 0. The Labute approximate surface area is 128 Å². The van der Waals surface area contributed by atoms with Crippen LogP contribution in [0.5, 0.6) is 0 Å². The predicted molar refractivity (Wildman–Crippen MR) is 79.9 cm³/mol. The highest BCUT2D eigenvalue weighted by Gasteiger charge is 2.30. The van der Waals surface area contributed by atoms with Crippen molar-refractivity contribution in [2.45, 2.75) is 25.9 Å². The van der Waals surface area contributed by atoms with Gasteiger partial charge in [-0.05, 0) is 18.1 Å². The minimum atomic E-state index is -0.503. The molecule has 1 unspecified atom stereocenters. The summed E-state index contributed by atoms with van der Waals surface area (Å²) in [7, 11) is 0. The van der Waals surface area contributed by atoms with E-state index in [2.05, 4.69) is 4.79 Å². The molecule has 1 aliphatic heterocycles. The molecule has 1 heterocycles. The highest BCUT2D eigenvalue weighted by Crippen LogP contribution is 2.23. The summed E-state index contributed by atoms with van der Waals surface area (Å²) in [6.45, 7) is 2.53. The second-order valence-electron chi connectivity index (χ2n) is 4.88. The number of rotatable bonds is 5. The van der Waals surface area contributed by atoms with Crippen molar-refractivity contribution < 1.29 is 19.1 Å². The van der Waals surface area contributed by atoms with Gasteiger partial charge in [0.15, 0.2) is 0 Å². The van der Waals surface area contributed by atoms with Crippen LogP contribution in [0.25, 0.3) is 5.53 Å². The Kier molecular flexibility index (Phi) is 5.22. The first-order valence-corrected chi connectivity index (χ1v) is 7.04. The number of esters is 1. The summed E-state index contributed by atoms with van der Waals surface area (Å²) in [5.74, 6) is -0.770. The van der Waals surface area contributed by atoms with E-state index in [-0.39, 0.29) is 5.78 Å². The Morgan fingerprint density at radius 2 is 2.14 bits per heavy atom. The fraction of sp³-hybridized carbons (Fsp3) is 0.312. The first kappa shape index (κ1) is 15.7. The van der Waals surface area contributed by atoms with Crippen LogP contribution in [0.4, 0.5) is 0 Å². The maximum atomic E-state index is 12.1. The Balaban J connectivity index is 2.25. The molecule has 0 radical (unpaired) electrons. The van der Waals surface area contributed by atoms with Gasteiger partial charge in [-0.25, -0.2) is 4.79 Å². The summed E-state index contributed by atoms with van der Waals surface area (Å²) in [5.41, 5.74) is 10.7. The van der Waals surface area contributed by atoms with Crippen LogP contribution in [-0.2, 0) is 27.3 Å². The van der Waals surface area contributed by atoms with E-state index in [0.29, 0.717) is 19.6 Å². The van der Waals surface area contributed by atoms with Crippen molar-refractivity contribution in [3.63, 3.8) is 0 Å². The molecule has 0 saturated carbocycles. The Morgan fingerprint density at radius 3 is 2.82 bits per heavy atom. The largest absolute Gasteiger partial charge is 0.463 e. The summed E-state index contributed by atoms with van der Waals surface area (Å²) in [6, 6.07) is 7.31. The zero-order valence-electron chi connectivity index (χ0n) is 12.3. The number of hydrogen-bond acceptors (Lipinski definition) is 4. The van der Waals surface area contributed by atoms with Gasteiger partial charge in [0.2, 0.25) is 0 Å². The molecule has 0 N–H and O–H groups in total. The van der Waals surface area contributed by atoms with E-state index in [0.717, 1.165) is 17.3 Å². The summed E-state index contributed by atoms with van der Waals surface area (Å²) in [4.78, 5) is 28.1. The first-order valence-electron chi connectivity index (χ1n) is 7.04. The number of carbonyl (C=O) groups is 2. The van der Waals surface area contributed by atoms with Gasteiger partial charge in [0.1, 0.15) is 6.04 Å². The molecule has 0 aliphatic carbocycles. The molecule has 0 aromatic heterocycles. The molecule has 6 nitrogen and oxygen atoms in total. The third kappa shape index (κ3) is 3.68. The lowest BCUT2D eigenvalue weighted by atomic mass is 9.92. The quantitative estimate of drug-likeness (QED) is 0.270. The maximum absolute atomic E-state index is 12.1. The van der Waals surface area contributed by atoms with E-state index in [4.69, 9.17) is 10.3 Å². The molecule has 1 aromatic carbocycles. The average molecular weight is 299 g/mol. The number of hydrogen-bond donors (Lipinski definition) is 0. The number of benzene rings is 1. The molecule has 2 rings (SSSR count). The van der Waals surface area contributed by atoms with Gasteiger partial charge in [-0.3, -0.25) is 4.79 Å². The Bertz CT molecular complexity index is 648. The highest BCUT2D eigenvalue weighted by atomic mass is 16.5. The number of carbonyl (C=O) groups excluding carboxylic acids is 2. The number of Topliss-reactive ketones (excluding diaryl/α,β-unsaturated/α-hetero) is 1. The Morgan fingerprint density at radius 1 is 1.41 bits per heavy atom. The topological polar surface area (TPSA) is 83.0 Å². The molecule has 114 valence electrons. The van der Waals surface area contributed by atoms with Gasteiger partial charge in [0.25, 0.3) is 5.78 Å². The maximum Gasteiger partial charge on any atom is 0.332 e. The standard InChI is InChI=1S/C16H17N3O3/c1-2-22-16(21)7-8-19-11-13-6-4-3-5-12(13)9-14(19)15(20)10-18-17/h3-8,10,14H,2,9,11H2,1H3/b8-7+. The normalized spacial score (nSPS) is 16.8. The van der Waals surface area contributed by atoms with Crippen LogP contribution in [0.1, 0.15) is 18.1 Å². The molecule has 6 heteroatoms. The van der Waals surface area contributed by atoms with Gasteiger partial charge in [-0.2, -0.15) is 4.79 Å². The number of ether oxygens (including phenoxy) is 1.